The Morgan fingerprint density at radius 2 is 2.35 bits per heavy atom. The van der Waals surface area contributed by atoms with Gasteiger partial charge in [-0.2, -0.15) is 0 Å². The molecule has 94 valence electrons. The zero-order valence-corrected chi connectivity index (χ0v) is 11.7. The van der Waals surface area contributed by atoms with Crippen molar-refractivity contribution in [3.8, 4) is 5.75 Å². The molecule has 0 radical (unpaired) electrons. The van der Waals surface area contributed by atoms with Crippen LogP contribution in [0.4, 0.5) is 0 Å². The van der Waals surface area contributed by atoms with E-state index in [1.165, 1.54) is 0 Å². The van der Waals surface area contributed by atoms with E-state index in [0.29, 0.717) is 13.0 Å². The lowest BCUT2D eigenvalue weighted by atomic mass is 9.87. The number of halogens is 1. The number of rotatable bonds is 3. The molecule has 0 aliphatic carbocycles. The van der Waals surface area contributed by atoms with Crippen LogP contribution in [0.25, 0.3) is 0 Å². The summed E-state index contributed by atoms with van der Waals surface area (Å²) in [6, 6.07) is 5.72. The van der Waals surface area contributed by atoms with Crippen LogP contribution in [0.3, 0.4) is 0 Å². The van der Waals surface area contributed by atoms with Crippen molar-refractivity contribution in [1.82, 2.24) is 0 Å². The van der Waals surface area contributed by atoms with Crippen LogP contribution in [0.15, 0.2) is 22.7 Å². The molecule has 0 saturated heterocycles. The number of methoxy groups -OCH3 is 1. The Bertz CT molecular complexity index is 408. The van der Waals surface area contributed by atoms with Gasteiger partial charge in [-0.1, -0.05) is 28.9 Å². The number of hydrogen-bond donors (Lipinski definition) is 1. The number of aliphatic hydroxyl groups is 1. The van der Waals surface area contributed by atoms with Gasteiger partial charge in [0.25, 0.3) is 0 Å². The van der Waals surface area contributed by atoms with E-state index in [2.05, 4.69) is 22.9 Å². The second-order valence-corrected chi connectivity index (χ2v) is 5.39. The summed E-state index contributed by atoms with van der Waals surface area (Å²) in [5.74, 6) is 0.747. The lowest BCUT2D eigenvalue weighted by Crippen LogP contribution is -2.44. The van der Waals surface area contributed by atoms with E-state index in [1.54, 1.807) is 7.11 Å². The van der Waals surface area contributed by atoms with Gasteiger partial charge in [0.15, 0.2) is 0 Å². The number of benzene rings is 1. The monoisotopic (exact) mass is 300 g/mol. The van der Waals surface area contributed by atoms with Crippen LogP contribution >= 0.6 is 15.9 Å². The summed E-state index contributed by atoms with van der Waals surface area (Å²) < 4.78 is 12.2. The smallest absolute Gasteiger partial charge is 0.135 e. The van der Waals surface area contributed by atoms with E-state index in [0.717, 1.165) is 22.2 Å². The maximum absolute atomic E-state index is 10.2. The zero-order chi connectivity index (χ0) is 12.5. The van der Waals surface area contributed by atoms with Crippen molar-refractivity contribution >= 4 is 15.9 Å². The van der Waals surface area contributed by atoms with Crippen LogP contribution in [-0.4, -0.2) is 24.4 Å². The molecular weight excluding hydrogens is 284 g/mol. The minimum absolute atomic E-state index is 0.415. The largest absolute Gasteiger partial charge is 0.484 e. The highest BCUT2D eigenvalue weighted by Gasteiger charge is 2.39. The molecule has 1 aliphatic heterocycles. The minimum atomic E-state index is -0.484. The third-order valence-corrected chi connectivity index (χ3v) is 3.77. The Morgan fingerprint density at radius 1 is 1.59 bits per heavy atom. The third kappa shape index (κ3) is 2.49. The Morgan fingerprint density at radius 3 is 3.00 bits per heavy atom. The third-order valence-electron chi connectivity index (χ3n) is 3.28. The molecule has 1 aromatic carbocycles. The van der Waals surface area contributed by atoms with E-state index in [1.807, 2.05) is 18.2 Å². The zero-order valence-electron chi connectivity index (χ0n) is 10.1. The van der Waals surface area contributed by atoms with Crippen molar-refractivity contribution in [1.29, 1.82) is 0 Å². The van der Waals surface area contributed by atoms with E-state index in [4.69, 9.17) is 9.47 Å². The first-order valence-electron chi connectivity index (χ1n) is 5.76. The number of hydrogen-bond acceptors (Lipinski definition) is 3. The highest BCUT2D eigenvalue weighted by atomic mass is 79.9. The minimum Gasteiger partial charge on any atom is -0.484 e. The van der Waals surface area contributed by atoms with E-state index in [9.17, 15) is 5.11 Å². The molecule has 2 atom stereocenters. The van der Waals surface area contributed by atoms with Crippen LogP contribution < -0.4 is 4.74 Å². The first-order chi connectivity index (χ1) is 8.10. The standard InChI is InChI=1S/C13H17BrO3/c1-3-13(8-16-2)7-11(15)10-5-4-9(14)6-12(10)17-13/h4-6,11,15H,3,7-8H2,1-2H3/t11-,13?/m1/s1. The summed E-state index contributed by atoms with van der Waals surface area (Å²) in [4.78, 5) is 0. The molecule has 0 bridgehead atoms. The van der Waals surface area contributed by atoms with Gasteiger partial charge in [-0.05, 0) is 18.6 Å². The predicted octanol–water partition coefficient (Wildman–Crippen LogP) is 3.06. The summed E-state index contributed by atoms with van der Waals surface area (Å²) >= 11 is 3.42. The van der Waals surface area contributed by atoms with E-state index >= 15 is 0 Å². The van der Waals surface area contributed by atoms with Crippen LogP contribution in [0.1, 0.15) is 31.4 Å². The molecule has 1 aliphatic rings. The lowest BCUT2D eigenvalue weighted by Gasteiger charge is -2.39. The van der Waals surface area contributed by atoms with Crippen LogP contribution in [0, 0.1) is 0 Å². The molecule has 0 aromatic heterocycles. The van der Waals surface area contributed by atoms with Gasteiger partial charge in [0.1, 0.15) is 11.4 Å². The van der Waals surface area contributed by atoms with Gasteiger partial charge in [-0.25, -0.2) is 0 Å². The predicted molar refractivity (Wildman–Crippen MR) is 69.2 cm³/mol. The highest BCUT2D eigenvalue weighted by Crippen LogP contribution is 2.42. The second kappa shape index (κ2) is 4.96. The quantitative estimate of drug-likeness (QED) is 0.932. The average Bonchev–Trinajstić information content (AvgIpc) is 2.28. The average molecular weight is 301 g/mol. The molecule has 1 heterocycles. The van der Waals surface area contributed by atoms with Gasteiger partial charge in [-0.3, -0.25) is 0 Å². The SMILES string of the molecule is CCC1(COC)C[C@@H](O)c2ccc(Br)cc2O1. The molecule has 0 fully saturated rings. The van der Waals surface area contributed by atoms with Crippen molar-refractivity contribution in [2.45, 2.75) is 31.5 Å². The summed E-state index contributed by atoms with van der Waals surface area (Å²) in [5.41, 5.74) is 0.440. The maximum Gasteiger partial charge on any atom is 0.135 e. The molecule has 2 rings (SSSR count). The van der Waals surface area contributed by atoms with E-state index in [-0.39, 0.29) is 0 Å². The number of fused-ring (bicyclic) bond motifs is 1. The Balaban J connectivity index is 2.36. The van der Waals surface area contributed by atoms with Crippen LogP contribution in [0.5, 0.6) is 5.75 Å². The molecule has 17 heavy (non-hydrogen) atoms. The number of ether oxygens (including phenoxy) is 2. The van der Waals surface area contributed by atoms with Crippen LogP contribution in [0.2, 0.25) is 0 Å². The van der Waals surface area contributed by atoms with Gasteiger partial charge in [-0.15, -0.1) is 0 Å². The van der Waals surface area contributed by atoms with Gasteiger partial charge in [0.2, 0.25) is 0 Å². The first kappa shape index (κ1) is 12.9. The van der Waals surface area contributed by atoms with Crippen molar-refractivity contribution < 1.29 is 14.6 Å². The van der Waals surface area contributed by atoms with E-state index < -0.39 is 11.7 Å². The Hall–Kier alpha value is -0.580. The molecule has 4 heteroatoms. The number of aliphatic hydroxyl groups excluding tert-OH is 1. The summed E-state index contributed by atoms with van der Waals surface area (Å²) in [6.45, 7) is 2.54. The molecule has 0 saturated carbocycles. The maximum atomic E-state index is 10.2. The lowest BCUT2D eigenvalue weighted by molar-refractivity contribution is -0.0626. The Kier molecular flexibility index (Phi) is 3.76. The highest BCUT2D eigenvalue weighted by molar-refractivity contribution is 9.10. The molecular formula is C13H17BrO3. The molecule has 0 amide bonds. The summed E-state index contributed by atoms with van der Waals surface area (Å²) in [6.07, 6.45) is 0.900. The molecule has 0 spiro atoms. The van der Waals surface area contributed by atoms with Crippen molar-refractivity contribution in [3.05, 3.63) is 28.2 Å². The topological polar surface area (TPSA) is 38.7 Å². The molecule has 1 unspecified atom stereocenters. The van der Waals surface area contributed by atoms with Crippen LogP contribution in [-0.2, 0) is 4.74 Å². The first-order valence-corrected chi connectivity index (χ1v) is 6.55. The fourth-order valence-electron chi connectivity index (χ4n) is 2.28. The molecule has 1 aromatic rings. The fraction of sp³-hybridized carbons (Fsp3) is 0.538. The van der Waals surface area contributed by atoms with Gasteiger partial charge >= 0.3 is 0 Å². The normalized spacial score (nSPS) is 27.4. The Labute approximate surface area is 110 Å². The van der Waals surface area contributed by atoms with Crippen molar-refractivity contribution in [3.63, 3.8) is 0 Å². The molecule has 3 nitrogen and oxygen atoms in total. The van der Waals surface area contributed by atoms with Gasteiger partial charge in [0.05, 0.1) is 12.7 Å². The van der Waals surface area contributed by atoms with Crippen molar-refractivity contribution in [2.24, 2.45) is 0 Å². The second-order valence-electron chi connectivity index (χ2n) is 4.47. The summed E-state index contributed by atoms with van der Waals surface area (Å²) in [5, 5.41) is 10.2. The molecule has 1 N–H and O–H groups in total. The van der Waals surface area contributed by atoms with Gasteiger partial charge < -0.3 is 14.6 Å². The van der Waals surface area contributed by atoms with Gasteiger partial charge in [0, 0.05) is 23.6 Å². The fourth-order valence-corrected chi connectivity index (χ4v) is 2.62. The summed E-state index contributed by atoms with van der Waals surface area (Å²) in [7, 11) is 1.66. The van der Waals surface area contributed by atoms with Crippen molar-refractivity contribution in [2.75, 3.05) is 13.7 Å².